The second-order valence-corrected chi connectivity index (χ2v) is 8.96. The van der Waals surface area contributed by atoms with Gasteiger partial charge in [0.25, 0.3) is 0 Å². The Morgan fingerprint density at radius 1 is 1.08 bits per heavy atom. The summed E-state index contributed by atoms with van der Waals surface area (Å²) in [5, 5.41) is 2.66. The van der Waals surface area contributed by atoms with Gasteiger partial charge in [-0.3, -0.25) is 4.79 Å². The number of hydrogen-bond acceptors (Lipinski definition) is 7. The highest BCUT2D eigenvalue weighted by molar-refractivity contribution is 5.87. The van der Waals surface area contributed by atoms with E-state index in [2.05, 4.69) is 20.0 Å². The van der Waals surface area contributed by atoms with Gasteiger partial charge in [0.15, 0.2) is 0 Å². The van der Waals surface area contributed by atoms with Crippen LogP contribution >= 0.6 is 0 Å². The third-order valence-electron chi connectivity index (χ3n) is 6.31. The molecule has 2 amide bonds. The summed E-state index contributed by atoms with van der Waals surface area (Å²) in [5.41, 5.74) is 2.55. The molecule has 0 radical (unpaired) electrons. The van der Waals surface area contributed by atoms with E-state index in [0.717, 1.165) is 29.7 Å². The van der Waals surface area contributed by atoms with Crippen LogP contribution in [-0.4, -0.2) is 59.6 Å². The SMILES string of the molecule is COC(=O)N[C@H](C(=O)N1CCCC1c1ncc(-c2ccc(-c3ccc(C(=O)OC)o3)cc2)[nH]1)C(C)C. The Bertz CT molecular complexity index is 1230. The number of likely N-dealkylation sites (tertiary alicyclic amines) is 1. The average Bonchev–Trinajstić information content (AvgIpc) is 3.66. The van der Waals surface area contributed by atoms with Crippen molar-refractivity contribution in [2.24, 2.45) is 5.92 Å². The van der Waals surface area contributed by atoms with Crippen molar-refractivity contribution in [3.8, 4) is 22.6 Å². The monoisotopic (exact) mass is 494 g/mol. The molecular weight excluding hydrogens is 464 g/mol. The van der Waals surface area contributed by atoms with Crippen molar-refractivity contribution in [1.29, 1.82) is 0 Å². The standard InChI is InChI=1S/C26H30N4O6/c1-15(2)22(29-26(33)35-4)24(31)30-13-5-6-19(30)23-27-14-18(28-23)16-7-9-17(10-8-16)20-11-12-21(36-20)25(32)34-3/h7-12,14-15,19,22H,5-6,13H2,1-4H3,(H,27,28)(H,29,33)/t19?,22-/m0/s1. The molecule has 1 aliphatic heterocycles. The van der Waals surface area contributed by atoms with Crippen LogP contribution in [0.25, 0.3) is 22.6 Å². The molecule has 0 aliphatic carbocycles. The number of hydrogen-bond donors (Lipinski definition) is 2. The first-order valence-corrected chi connectivity index (χ1v) is 11.8. The molecule has 2 aromatic heterocycles. The van der Waals surface area contributed by atoms with E-state index >= 15 is 0 Å². The lowest BCUT2D eigenvalue weighted by Crippen LogP contribution is -2.51. The zero-order valence-electron chi connectivity index (χ0n) is 20.7. The largest absolute Gasteiger partial charge is 0.463 e. The number of benzene rings is 1. The lowest BCUT2D eigenvalue weighted by molar-refractivity contribution is -0.135. The number of furan rings is 1. The normalized spacial score (nSPS) is 16.1. The summed E-state index contributed by atoms with van der Waals surface area (Å²) in [6, 6.07) is 10.1. The Hall–Kier alpha value is -4.08. The molecule has 3 aromatic rings. The first-order valence-electron chi connectivity index (χ1n) is 11.8. The average molecular weight is 495 g/mol. The summed E-state index contributed by atoms with van der Waals surface area (Å²) in [5.74, 6) is 0.642. The van der Waals surface area contributed by atoms with Crippen LogP contribution in [0.2, 0.25) is 0 Å². The highest BCUT2D eigenvalue weighted by Crippen LogP contribution is 2.33. The number of ether oxygens (including phenoxy) is 2. The highest BCUT2D eigenvalue weighted by atomic mass is 16.5. The van der Waals surface area contributed by atoms with E-state index in [0.29, 0.717) is 18.1 Å². The molecule has 0 saturated carbocycles. The Morgan fingerprint density at radius 3 is 2.47 bits per heavy atom. The van der Waals surface area contributed by atoms with Gasteiger partial charge in [-0.1, -0.05) is 38.1 Å². The van der Waals surface area contributed by atoms with Gasteiger partial charge in [0, 0.05) is 12.1 Å². The molecule has 1 fully saturated rings. The van der Waals surface area contributed by atoms with Crippen LogP contribution < -0.4 is 5.32 Å². The summed E-state index contributed by atoms with van der Waals surface area (Å²) < 4.78 is 15.0. The van der Waals surface area contributed by atoms with E-state index in [1.165, 1.54) is 14.2 Å². The number of nitrogens with zero attached hydrogens (tertiary/aromatic N) is 2. The van der Waals surface area contributed by atoms with Crippen molar-refractivity contribution in [2.75, 3.05) is 20.8 Å². The van der Waals surface area contributed by atoms with E-state index in [1.807, 2.05) is 38.1 Å². The number of nitrogens with one attached hydrogen (secondary N) is 2. The number of esters is 1. The van der Waals surface area contributed by atoms with Crippen molar-refractivity contribution in [3.63, 3.8) is 0 Å². The third-order valence-corrected chi connectivity index (χ3v) is 6.31. The topological polar surface area (TPSA) is 127 Å². The molecule has 1 unspecified atom stereocenters. The molecule has 2 N–H and O–H groups in total. The fourth-order valence-corrected chi connectivity index (χ4v) is 4.36. The lowest BCUT2D eigenvalue weighted by Gasteiger charge is -2.30. The fourth-order valence-electron chi connectivity index (χ4n) is 4.36. The molecule has 1 aliphatic rings. The number of amides is 2. The number of imidazole rings is 1. The number of carbonyl (C=O) groups excluding carboxylic acids is 3. The van der Waals surface area contributed by atoms with Gasteiger partial charge in [0.2, 0.25) is 11.7 Å². The quantitative estimate of drug-likeness (QED) is 0.472. The summed E-state index contributed by atoms with van der Waals surface area (Å²) in [6.45, 7) is 4.37. The van der Waals surface area contributed by atoms with Crippen molar-refractivity contribution in [2.45, 2.75) is 38.8 Å². The molecule has 1 saturated heterocycles. The fraction of sp³-hybridized carbons (Fsp3) is 0.385. The smallest absolute Gasteiger partial charge is 0.407 e. The second kappa shape index (κ2) is 10.7. The molecule has 10 nitrogen and oxygen atoms in total. The van der Waals surface area contributed by atoms with Crippen LogP contribution in [0.3, 0.4) is 0 Å². The summed E-state index contributed by atoms with van der Waals surface area (Å²) >= 11 is 0. The summed E-state index contributed by atoms with van der Waals surface area (Å²) in [7, 11) is 2.58. The Labute approximate surface area is 209 Å². The molecule has 36 heavy (non-hydrogen) atoms. The van der Waals surface area contributed by atoms with Crippen LogP contribution in [0.4, 0.5) is 4.79 Å². The molecule has 190 valence electrons. The minimum atomic E-state index is -0.679. The predicted molar refractivity (Wildman–Crippen MR) is 131 cm³/mol. The van der Waals surface area contributed by atoms with Gasteiger partial charge in [-0.25, -0.2) is 14.6 Å². The van der Waals surface area contributed by atoms with Gasteiger partial charge in [-0.05, 0) is 36.5 Å². The van der Waals surface area contributed by atoms with Gasteiger partial charge in [-0.2, -0.15) is 0 Å². The maximum atomic E-state index is 13.3. The predicted octanol–water partition coefficient (Wildman–Crippen LogP) is 4.17. The maximum Gasteiger partial charge on any atom is 0.407 e. The first kappa shape index (κ1) is 25.0. The van der Waals surface area contributed by atoms with E-state index in [1.54, 1.807) is 23.2 Å². The number of aromatic amines is 1. The number of aromatic nitrogens is 2. The van der Waals surface area contributed by atoms with E-state index in [4.69, 9.17) is 9.15 Å². The van der Waals surface area contributed by atoms with Crippen molar-refractivity contribution < 1.29 is 28.3 Å². The molecule has 4 rings (SSSR count). The Morgan fingerprint density at radius 2 is 1.81 bits per heavy atom. The van der Waals surface area contributed by atoms with Gasteiger partial charge < -0.3 is 29.1 Å². The van der Waals surface area contributed by atoms with Crippen molar-refractivity contribution in [3.05, 3.63) is 54.2 Å². The second-order valence-electron chi connectivity index (χ2n) is 8.96. The Balaban J connectivity index is 1.49. The zero-order chi connectivity index (χ0) is 25.8. The summed E-state index contributed by atoms with van der Waals surface area (Å²) in [6.07, 6.45) is 2.75. The van der Waals surface area contributed by atoms with Crippen LogP contribution in [-0.2, 0) is 14.3 Å². The molecule has 0 bridgehead atoms. The van der Waals surface area contributed by atoms with Gasteiger partial charge in [-0.15, -0.1) is 0 Å². The molecule has 0 spiro atoms. The summed E-state index contributed by atoms with van der Waals surface area (Å²) in [4.78, 5) is 46.4. The molecule has 2 atom stereocenters. The molecule has 1 aromatic carbocycles. The van der Waals surface area contributed by atoms with Crippen molar-refractivity contribution in [1.82, 2.24) is 20.2 Å². The minimum Gasteiger partial charge on any atom is -0.463 e. The minimum absolute atomic E-state index is 0.0959. The Kier molecular flexibility index (Phi) is 7.42. The van der Waals surface area contributed by atoms with E-state index in [-0.39, 0.29) is 23.6 Å². The zero-order valence-corrected chi connectivity index (χ0v) is 20.7. The van der Waals surface area contributed by atoms with Crippen LogP contribution in [0.5, 0.6) is 0 Å². The molecule has 3 heterocycles. The van der Waals surface area contributed by atoms with Gasteiger partial charge in [0.1, 0.15) is 17.6 Å². The third kappa shape index (κ3) is 5.12. The van der Waals surface area contributed by atoms with Crippen LogP contribution in [0.15, 0.2) is 47.0 Å². The van der Waals surface area contributed by atoms with E-state index in [9.17, 15) is 14.4 Å². The number of carbonyl (C=O) groups is 3. The molecule has 10 heteroatoms. The van der Waals surface area contributed by atoms with Gasteiger partial charge >= 0.3 is 12.1 Å². The lowest BCUT2D eigenvalue weighted by atomic mass is 10.0. The van der Waals surface area contributed by atoms with E-state index < -0.39 is 18.1 Å². The highest BCUT2D eigenvalue weighted by Gasteiger charge is 2.37. The molecular formula is C26H30N4O6. The maximum absolute atomic E-state index is 13.3. The van der Waals surface area contributed by atoms with Gasteiger partial charge in [0.05, 0.1) is 32.2 Å². The number of alkyl carbamates (subject to hydrolysis) is 1. The van der Waals surface area contributed by atoms with Crippen LogP contribution in [0.1, 0.15) is 49.1 Å². The number of methoxy groups -OCH3 is 2. The number of rotatable bonds is 7. The van der Waals surface area contributed by atoms with Crippen LogP contribution in [0, 0.1) is 5.92 Å². The first-order chi connectivity index (χ1) is 17.3. The van der Waals surface area contributed by atoms with Crippen molar-refractivity contribution >= 4 is 18.0 Å². The number of H-pyrrole nitrogens is 1.